The van der Waals surface area contributed by atoms with Crippen LogP contribution in [0.25, 0.3) is 11.7 Å². The molecular weight excluding hydrogens is 434 g/mol. The number of hydrogen-bond acceptors (Lipinski definition) is 7. The van der Waals surface area contributed by atoms with E-state index in [1.165, 1.54) is 6.26 Å². The van der Waals surface area contributed by atoms with Crippen LogP contribution >= 0.6 is 0 Å². The third kappa shape index (κ3) is 4.39. The largest absolute Gasteiger partial charge is 0.459 e. The number of carbonyl (C=O) groups is 2. The van der Waals surface area contributed by atoms with Gasteiger partial charge in [0.25, 0.3) is 5.89 Å². The second-order valence-electron chi connectivity index (χ2n) is 8.56. The summed E-state index contributed by atoms with van der Waals surface area (Å²) in [5.41, 5.74) is 2.12. The van der Waals surface area contributed by atoms with Crippen LogP contribution in [0.1, 0.15) is 36.9 Å². The van der Waals surface area contributed by atoms with Gasteiger partial charge in [0, 0.05) is 44.2 Å². The lowest BCUT2D eigenvalue weighted by molar-refractivity contribution is -0.125. The van der Waals surface area contributed by atoms with Gasteiger partial charge >= 0.3 is 0 Å². The third-order valence-corrected chi connectivity index (χ3v) is 6.39. The van der Waals surface area contributed by atoms with Crippen molar-refractivity contribution in [3.63, 3.8) is 0 Å². The van der Waals surface area contributed by atoms with Crippen molar-refractivity contribution in [1.82, 2.24) is 10.3 Å². The van der Waals surface area contributed by atoms with E-state index in [0.717, 1.165) is 24.2 Å². The molecule has 1 N–H and O–H groups in total. The Morgan fingerprint density at radius 1 is 1.18 bits per heavy atom. The average Bonchev–Trinajstić information content (AvgIpc) is 3.63. The van der Waals surface area contributed by atoms with Gasteiger partial charge in [-0.05, 0) is 49.1 Å². The van der Waals surface area contributed by atoms with Crippen LogP contribution in [-0.4, -0.2) is 36.4 Å². The molecule has 34 heavy (non-hydrogen) atoms. The van der Waals surface area contributed by atoms with Crippen LogP contribution in [0.3, 0.4) is 0 Å². The number of hydrogen-bond donors (Lipinski definition) is 1. The van der Waals surface area contributed by atoms with Crippen molar-refractivity contribution in [2.45, 2.75) is 32.2 Å². The number of amides is 2. The highest BCUT2D eigenvalue weighted by Crippen LogP contribution is 2.31. The lowest BCUT2D eigenvalue weighted by Crippen LogP contribution is -2.40. The van der Waals surface area contributed by atoms with Crippen molar-refractivity contribution in [3.8, 4) is 17.7 Å². The van der Waals surface area contributed by atoms with Gasteiger partial charge in [-0.15, -0.1) is 0 Å². The maximum Gasteiger partial charge on any atom is 0.266 e. The molecule has 2 amide bonds. The zero-order chi connectivity index (χ0) is 23.5. The van der Waals surface area contributed by atoms with Gasteiger partial charge < -0.3 is 24.0 Å². The fraction of sp³-hybridized carbons (Fsp3) is 0.360. The number of carbonyl (C=O) groups excluding carboxylic acids is 2. The molecule has 9 nitrogen and oxygen atoms in total. The molecule has 2 fully saturated rings. The van der Waals surface area contributed by atoms with Gasteiger partial charge in [0.2, 0.25) is 23.4 Å². The summed E-state index contributed by atoms with van der Waals surface area (Å²) in [5, 5.41) is 12.5. The number of nitriles is 1. The molecule has 0 spiro atoms. The van der Waals surface area contributed by atoms with Crippen molar-refractivity contribution in [1.29, 1.82) is 5.26 Å². The van der Waals surface area contributed by atoms with E-state index >= 15 is 0 Å². The molecule has 2 saturated heterocycles. The van der Waals surface area contributed by atoms with Crippen LogP contribution < -0.4 is 15.1 Å². The van der Waals surface area contributed by atoms with Crippen LogP contribution in [-0.2, 0) is 16.1 Å². The smallest absolute Gasteiger partial charge is 0.266 e. The Morgan fingerprint density at radius 2 is 1.97 bits per heavy atom. The van der Waals surface area contributed by atoms with E-state index in [2.05, 4.69) is 16.4 Å². The molecule has 0 aliphatic carbocycles. The third-order valence-electron chi connectivity index (χ3n) is 6.39. The standard InChI is InChI=1S/C25H25N5O4/c26-15-20-25(34-24(28-20)21-3-2-14-33-21)29-12-9-18(10-13-29)23(32)27-16-17-5-7-19(8-6-17)30-11-1-4-22(30)31/h2-3,5-8,14,18H,1,4,9-13,16H2,(H,27,32). The molecule has 0 unspecified atom stereocenters. The van der Waals surface area contributed by atoms with Gasteiger partial charge in [-0.2, -0.15) is 10.2 Å². The number of furan rings is 1. The Morgan fingerprint density at radius 3 is 2.62 bits per heavy atom. The Labute approximate surface area is 197 Å². The number of oxazole rings is 1. The predicted octanol–water partition coefficient (Wildman–Crippen LogP) is 3.47. The van der Waals surface area contributed by atoms with Gasteiger partial charge in [-0.3, -0.25) is 9.59 Å². The second kappa shape index (κ2) is 9.43. The van der Waals surface area contributed by atoms with Crippen molar-refractivity contribution in [2.24, 2.45) is 5.92 Å². The highest BCUT2D eigenvalue weighted by molar-refractivity contribution is 5.95. The molecule has 0 bridgehead atoms. The molecule has 5 rings (SSSR count). The quantitative estimate of drug-likeness (QED) is 0.600. The lowest BCUT2D eigenvalue weighted by atomic mass is 9.96. The second-order valence-corrected chi connectivity index (χ2v) is 8.56. The van der Waals surface area contributed by atoms with Gasteiger partial charge in [0.05, 0.1) is 6.26 Å². The zero-order valence-electron chi connectivity index (χ0n) is 18.7. The molecule has 1 aromatic carbocycles. The van der Waals surface area contributed by atoms with Crippen molar-refractivity contribution in [2.75, 3.05) is 29.4 Å². The highest BCUT2D eigenvalue weighted by atomic mass is 16.4. The maximum absolute atomic E-state index is 12.7. The summed E-state index contributed by atoms with van der Waals surface area (Å²) in [6.07, 6.45) is 4.34. The summed E-state index contributed by atoms with van der Waals surface area (Å²) < 4.78 is 11.1. The molecule has 2 aliphatic heterocycles. The first-order valence-electron chi connectivity index (χ1n) is 11.5. The first-order valence-corrected chi connectivity index (χ1v) is 11.5. The minimum absolute atomic E-state index is 0.0211. The minimum atomic E-state index is -0.101. The van der Waals surface area contributed by atoms with Gasteiger partial charge in [0.15, 0.2) is 5.76 Å². The predicted molar refractivity (Wildman–Crippen MR) is 124 cm³/mol. The fourth-order valence-electron chi connectivity index (χ4n) is 4.50. The van der Waals surface area contributed by atoms with Gasteiger partial charge in [-0.1, -0.05) is 12.1 Å². The average molecular weight is 460 g/mol. The molecule has 0 radical (unpaired) electrons. The molecule has 2 aliphatic rings. The van der Waals surface area contributed by atoms with Crippen LogP contribution in [0.4, 0.5) is 11.6 Å². The number of aromatic nitrogens is 1. The molecule has 9 heteroatoms. The van der Waals surface area contributed by atoms with Crippen LogP contribution in [0, 0.1) is 17.2 Å². The van der Waals surface area contributed by atoms with Gasteiger partial charge in [0.1, 0.15) is 6.07 Å². The van der Waals surface area contributed by atoms with E-state index in [1.54, 1.807) is 17.0 Å². The van der Waals surface area contributed by atoms with Crippen LogP contribution in [0.5, 0.6) is 0 Å². The molecule has 0 saturated carbocycles. The summed E-state index contributed by atoms with van der Waals surface area (Å²) >= 11 is 0. The fourth-order valence-corrected chi connectivity index (χ4v) is 4.50. The molecule has 4 heterocycles. The monoisotopic (exact) mass is 459 g/mol. The number of benzene rings is 1. The lowest BCUT2D eigenvalue weighted by Gasteiger charge is -2.31. The van der Waals surface area contributed by atoms with E-state index in [4.69, 9.17) is 8.83 Å². The maximum atomic E-state index is 12.7. The number of anilines is 2. The first kappa shape index (κ1) is 21.8. The molecular formula is C25H25N5O4. The molecule has 174 valence electrons. The summed E-state index contributed by atoms with van der Waals surface area (Å²) in [5.74, 6) is 1.25. The van der Waals surface area contributed by atoms with E-state index in [0.29, 0.717) is 50.5 Å². The first-order chi connectivity index (χ1) is 16.6. The normalized spacial score (nSPS) is 16.6. The summed E-state index contributed by atoms with van der Waals surface area (Å²) in [6, 6.07) is 13.3. The molecule has 3 aromatic rings. The Balaban J connectivity index is 1.14. The van der Waals surface area contributed by atoms with Crippen LogP contribution in [0.15, 0.2) is 51.5 Å². The zero-order valence-corrected chi connectivity index (χ0v) is 18.7. The van der Waals surface area contributed by atoms with E-state index in [9.17, 15) is 14.9 Å². The van der Waals surface area contributed by atoms with Crippen molar-refractivity contribution >= 4 is 23.4 Å². The number of nitrogens with zero attached hydrogens (tertiary/aromatic N) is 4. The van der Waals surface area contributed by atoms with E-state index in [1.807, 2.05) is 29.2 Å². The highest BCUT2D eigenvalue weighted by Gasteiger charge is 2.29. The molecule has 0 atom stereocenters. The minimum Gasteiger partial charge on any atom is -0.459 e. The Kier molecular flexibility index (Phi) is 6.04. The number of nitrogens with one attached hydrogen (secondary N) is 1. The van der Waals surface area contributed by atoms with E-state index < -0.39 is 0 Å². The Bertz CT molecular complexity index is 1200. The topological polar surface area (TPSA) is 116 Å². The summed E-state index contributed by atoms with van der Waals surface area (Å²) in [7, 11) is 0. The van der Waals surface area contributed by atoms with Crippen LogP contribution in [0.2, 0.25) is 0 Å². The van der Waals surface area contributed by atoms with Gasteiger partial charge in [-0.25, -0.2) is 0 Å². The SMILES string of the molecule is N#Cc1nc(-c2ccco2)oc1N1CCC(C(=O)NCc2ccc(N3CCCC3=O)cc2)CC1. The number of piperidine rings is 1. The number of rotatable bonds is 6. The van der Waals surface area contributed by atoms with Crippen molar-refractivity contribution < 1.29 is 18.4 Å². The van der Waals surface area contributed by atoms with Crippen molar-refractivity contribution in [3.05, 3.63) is 53.9 Å². The molecule has 2 aromatic heterocycles. The summed E-state index contributed by atoms with van der Waals surface area (Å²) in [4.78, 5) is 32.6. The van der Waals surface area contributed by atoms with E-state index in [-0.39, 0.29) is 29.3 Å². The Hall–Kier alpha value is -4.06. The summed E-state index contributed by atoms with van der Waals surface area (Å²) in [6.45, 7) is 2.40.